The van der Waals surface area contributed by atoms with Crippen molar-refractivity contribution in [3.63, 3.8) is 0 Å². The monoisotopic (exact) mass is 277 g/mol. The average Bonchev–Trinajstić information content (AvgIpc) is 2.81. The van der Waals surface area contributed by atoms with E-state index in [1.165, 1.54) is 0 Å². The number of nitrogens with two attached hydrogens (primary N) is 1. The zero-order valence-corrected chi connectivity index (χ0v) is 11.6. The standard InChI is InChI=1S/C13H15N3O2S/c1-8-5-9(16-18-8)7-15-12-6-10(17-2)3-4-11(12)13(14)19/h3-6,15H,7H2,1-2H3,(H2,14,19). The van der Waals surface area contributed by atoms with Crippen LogP contribution in [0.1, 0.15) is 17.0 Å². The second-order valence-corrected chi connectivity index (χ2v) is 4.50. The summed E-state index contributed by atoms with van der Waals surface area (Å²) in [7, 11) is 1.61. The summed E-state index contributed by atoms with van der Waals surface area (Å²) < 4.78 is 10.2. The zero-order chi connectivity index (χ0) is 13.8. The van der Waals surface area contributed by atoms with Crippen molar-refractivity contribution in [2.75, 3.05) is 12.4 Å². The highest BCUT2D eigenvalue weighted by atomic mass is 32.1. The largest absolute Gasteiger partial charge is 0.497 e. The van der Waals surface area contributed by atoms with E-state index in [4.69, 9.17) is 27.2 Å². The summed E-state index contributed by atoms with van der Waals surface area (Å²) in [6, 6.07) is 7.37. The molecule has 2 rings (SSSR count). The number of hydrogen-bond acceptors (Lipinski definition) is 5. The maximum Gasteiger partial charge on any atom is 0.133 e. The highest BCUT2D eigenvalue weighted by Gasteiger charge is 2.08. The Kier molecular flexibility index (Phi) is 4.01. The van der Waals surface area contributed by atoms with Crippen LogP contribution in [-0.4, -0.2) is 17.3 Å². The molecule has 3 N–H and O–H groups in total. The Bertz CT molecular complexity index is 595. The Morgan fingerprint density at radius 1 is 1.47 bits per heavy atom. The molecule has 5 nitrogen and oxygen atoms in total. The second kappa shape index (κ2) is 5.71. The second-order valence-electron chi connectivity index (χ2n) is 4.06. The first-order chi connectivity index (χ1) is 9.10. The van der Waals surface area contributed by atoms with E-state index in [0.717, 1.165) is 28.5 Å². The molecule has 0 saturated carbocycles. The normalized spacial score (nSPS) is 10.2. The van der Waals surface area contributed by atoms with Gasteiger partial charge in [0.25, 0.3) is 0 Å². The number of benzene rings is 1. The molecule has 0 amide bonds. The van der Waals surface area contributed by atoms with E-state index in [9.17, 15) is 0 Å². The van der Waals surface area contributed by atoms with E-state index >= 15 is 0 Å². The number of nitrogens with zero attached hydrogens (tertiary/aromatic N) is 1. The van der Waals surface area contributed by atoms with Gasteiger partial charge in [-0.25, -0.2) is 0 Å². The number of ether oxygens (including phenoxy) is 1. The molecular formula is C13H15N3O2S. The lowest BCUT2D eigenvalue weighted by molar-refractivity contribution is 0.391. The van der Waals surface area contributed by atoms with Crippen molar-refractivity contribution >= 4 is 22.9 Å². The van der Waals surface area contributed by atoms with Crippen molar-refractivity contribution in [2.45, 2.75) is 13.5 Å². The minimum Gasteiger partial charge on any atom is -0.497 e. The Morgan fingerprint density at radius 2 is 2.26 bits per heavy atom. The summed E-state index contributed by atoms with van der Waals surface area (Å²) in [4.78, 5) is 0.335. The van der Waals surface area contributed by atoms with Gasteiger partial charge in [-0.3, -0.25) is 0 Å². The number of methoxy groups -OCH3 is 1. The van der Waals surface area contributed by atoms with Crippen LogP contribution in [0.3, 0.4) is 0 Å². The minimum absolute atomic E-state index is 0.335. The highest BCUT2D eigenvalue weighted by Crippen LogP contribution is 2.23. The molecule has 0 radical (unpaired) electrons. The van der Waals surface area contributed by atoms with Crippen molar-refractivity contribution < 1.29 is 9.26 Å². The fourth-order valence-electron chi connectivity index (χ4n) is 1.70. The SMILES string of the molecule is COc1ccc(C(N)=S)c(NCc2cc(C)on2)c1. The summed E-state index contributed by atoms with van der Waals surface area (Å²) in [6.45, 7) is 2.38. The van der Waals surface area contributed by atoms with Crippen molar-refractivity contribution in [1.29, 1.82) is 0 Å². The highest BCUT2D eigenvalue weighted by molar-refractivity contribution is 7.80. The molecule has 0 fully saturated rings. The number of rotatable bonds is 5. The third-order valence-corrected chi connectivity index (χ3v) is 2.85. The van der Waals surface area contributed by atoms with Gasteiger partial charge in [-0.1, -0.05) is 17.4 Å². The fourth-order valence-corrected chi connectivity index (χ4v) is 1.88. The lowest BCUT2D eigenvalue weighted by atomic mass is 10.1. The molecule has 0 aliphatic heterocycles. The lowest BCUT2D eigenvalue weighted by Crippen LogP contribution is -2.13. The molecule has 2 aromatic rings. The lowest BCUT2D eigenvalue weighted by Gasteiger charge is -2.11. The van der Waals surface area contributed by atoms with Crippen molar-refractivity contribution in [1.82, 2.24) is 5.16 Å². The molecule has 19 heavy (non-hydrogen) atoms. The summed E-state index contributed by atoms with van der Waals surface area (Å²) >= 11 is 5.03. The van der Waals surface area contributed by atoms with E-state index < -0.39 is 0 Å². The van der Waals surface area contributed by atoms with Crippen LogP contribution in [0.5, 0.6) is 5.75 Å². The van der Waals surface area contributed by atoms with Gasteiger partial charge in [-0.2, -0.15) is 0 Å². The third kappa shape index (κ3) is 3.23. The summed E-state index contributed by atoms with van der Waals surface area (Å²) in [6.07, 6.45) is 0. The Morgan fingerprint density at radius 3 is 2.84 bits per heavy atom. The first-order valence-electron chi connectivity index (χ1n) is 5.74. The van der Waals surface area contributed by atoms with Gasteiger partial charge in [0.2, 0.25) is 0 Å². The summed E-state index contributed by atoms with van der Waals surface area (Å²) in [5.41, 5.74) is 8.10. The molecular weight excluding hydrogens is 262 g/mol. The molecule has 100 valence electrons. The first-order valence-corrected chi connectivity index (χ1v) is 6.15. The van der Waals surface area contributed by atoms with E-state index in [1.54, 1.807) is 7.11 Å². The van der Waals surface area contributed by atoms with Crippen LogP contribution >= 0.6 is 12.2 Å². The molecule has 0 aliphatic rings. The van der Waals surface area contributed by atoms with Crippen LogP contribution in [0.2, 0.25) is 0 Å². The van der Waals surface area contributed by atoms with Gasteiger partial charge < -0.3 is 20.3 Å². The number of aromatic nitrogens is 1. The van der Waals surface area contributed by atoms with Gasteiger partial charge >= 0.3 is 0 Å². The Hall–Kier alpha value is -2.08. The van der Waals surface area contributed by atoms with Crippen LogP contribution in [0.25, 0.3) is 0 Å². The zero-order valence-electron chi connectivity index (χ0n) is 10.8. The predicted molar refractivity (Wildman–Crippen MR) is 77.4 cm³/mol. The molecule has 0 aliphatic carbocycles. The van der Waals surface area contributed by atoms with Gasteiger partial charge in [0.05, 0.1) is 13.7 Å². The van der Waals surface area contributed by atoms with Gasteiger partial charge in [-0.15, -0.1) is 0 Å². The molecule has 0 spiro atoms. The molecule has 1 aromatic heterocycles. The fraction of sp³-hybridized carbons (Fsp3) is 0.231. The topological polar surface area (TPSA) is 73.3 Å². The van der Waals surface area contributed by atoms with Crippen LogP contribution in [0, 0.1) is 6.92 Å². The average molecular weight is 277 g/mol. The molecule has 1 aromatic carbocycles. The van der Waals surface area contributed by atoms with E-state index in [-0.39, 0.29) is 0 Å². The quantitative estimate of drug-likeness (QED) is 0.817. The molecule has 1 heterocycles. The number of thiocarbonyl (C=S) groups is 1. The van der Waals surface area contributed by atoms with Crippen LogP contribution < -0.4 is 15.8 Å². The summed E-state index contributed by atoms with van der Waals surface area (Å²) in [5, 5.41) is 7.14. The minimum atomic E-state index is 0.335. The van der Waals surface area contributed by atoms with E-state index in [1.807, 2.05) is 31.2 Å². The van der Waals surface area contributed by atoms with Crippen molar-refractivity contribution in [2.24, 2.45) is 5.73 Å². The Labute approximate surface area is 116 Å². The summed E-state index contributed by atoms with van der Waals surface area (Å²) in [5.74, 6) is 1.51. The number of hydrogen-bond donors (Lipinski definition) is 2. The molecule has 0 atom stereocenters. The van der Waals surface area contributed by atoms with Gasteiger partial charge in [-0.05, 0) is 19.1 Å². The predicted octanol–water partition coefficient (Wildman–Crippen LogP) is 2.24. The van der Waals surface area contributed by atoms with Crippen LogP contribution in [-0.2, 0) is 6.54 Å². The van der Waals surface area contributed by atoms with Crippen LogP contribution in [0.4, 0.5) is 5.69 Å². The number of anilines is 1. The number of aryl methyl sites for hydroxylation is 1. The number of nitrogens with one attached hydrogen (secondary N) is 1. The Balaban J connectivity index is 2.19. The molecule has 0 saturated heterocycles. The van der Waals surface area contributed by atoms with Gasteiger partial charge in [0.15, 0.2) is 0 Å². The molecule has 0 bridgehead atoms. The van der Waals surface area contributed by atoms with Crippen LogP contribution in [0.15, 0.2) is 28.8 Å². The van der Waals surface area contributed by atoms with Crippen molar-refractivity contribution in [3.05, 3.63) is 41.3 Å². The molecule has 6 heteroatoms. The first kappa shape index (κ1) is 13.4. The molecule has 0 unspecified atom stereocenters. The maximum absolute atomic E-state index is 5.70. The maximum atomic E-state index is 5.70. The van der Waals surface area contributed by atoms with Gasteiger partial charge in [0.1, 0.15) is 22.2 Å². The van der Waals surface area contributed by atoms with E-state index in [2.05, 4.69) is 10.5 Å². The smallest absolute Gasteiger partial charge is 0.133 e. The third-order valence-electron chi connectivity index (χ3n) is 2.63. The van der Waals surface area contributed by atoms with Gasteiger partial charge in [0, 0.05) is 23.4 Å². The van der Waals surface area contributed by atoms with E-state index in [0.29, 0.717) is 11.5 Å². The van der Waals surface area contributed by atoms with Crippen molar-refractivity contribution in [3.8, 4) is 5.75 Å².